The van der Waals surface area contributed by atoms with Gasteiger partial charge in [0.2, 0.25) is 0 Å². The number of rotatable bonds is 6. The van der Waals surface area contributed by atoms with Gasteiger partial charge in [-0.3, -0.25) is 4.79 Å². The van der Waals surface area contributed by atoms with Crippen LogP contribution in [0.5, 0.6) is 0 Å². The van der Waals surface area contributed by atoms with Crippen LogP contribution in [0, 0.1) is 0 Å². The van der Waals surface area contributed by atoms with Crippen LogP contribution in [0.25, 0.3) is 0 Å². The summed E-state index contributed by atoms with van der Waals surface area (Å²) in [5.41, 5.74) is 0.943. The average molecular weight is 364 g/mol. The molecule has 2 atom stereocenters. The third-order valence-electron chi connectivity index (χ3n) is 3.09. The first-order valence-corrected chi connectivity index (χ1v) is 8.77. The maximum absolute atomic E-state index is 11.6. The van der Waals surface area contributed by atoms with E-state index in [1.807, 2.05) is 30.5 Å². The molecule has 0 amide bonds. The molecule has 0 fully saturated rings. The van der Waals surface area contributed by atoms with E-state index in [0.29, 0.717) is 8.67 Å². The van der Waals surface area contributed by atoms with Crippen LogP contribution < -0.4 is 5.32 Å². The molecule has 0 aliphatic rings. The van der Waals surface area contributed by atoms with Crippen molar-refractivity contribution >= 4 is 51.8 Å². The Kier molecular flexibility index (Phi) is 6.08. The molecule has 0 aliphatic carbocycles. The Morgan fingerprint density at radius 3 is 2.76 bits per heavy atom. The molecule has 0 spiro atoms. The largest absolute Gasteiger partial charge is 0.469 e. The standard InChI is InChI=1S/C14H15Cl2NO2S2/c1-8(9-6-12(15)21-14(9)16)17-10(7-13(18)19-2)11-4-3-5-20-11/h3-6,8,10,17H,7H2,1-2H3. The SMILES string of the molecule is COC(=O)CC(NC(C)c1cc(Cl)sc1Cl)c1cccs1. The molecule has 1 N–H and O–H groups in total. The number of ether oxygens (including phenoxy) is 1. The normalized spacial score (nSPS) is 13.9. The fourth-order valence-corrected chi connectivity index (χ4v) is 4.45. The first-order valence-electron chi connectivity index (χ1n) is 6.32. The number of carbonyl (C=O) groups excluding carboxylic acids is 1. The summed E-state index contributed by atoms with van der Waals surface area (Å²) in [7, 11) is 1.40. The Bertz CT molecular complexity index is 598. The van der Waals surface area contributed by atoms with Gasteiger partial charge in [0.15, 0.2) is 0 Å². The Hall–Kier alpha value is -0.590. The number of halogens is 2. The van der Waals surface area contributed by atoms with Crippen LogP contribution in [0.15, 0.2) is 23.6 Å². The van der Waals surface area contributed by atoms with Crippen LogP contribution in [0.3, 0.4) is 0 Å². The van der Waals surface area contributed by atoms with Gasteiger partial charge in [-0.05, 0) is 30.0 Å². The number of nitrogens with one attached hydrogen (secondary N) is 1. The molecule has 21 heavy (non-hydrogen) atoms. The Morgan fingerprint density at radius 1 is 1.48 bits per heavy atom. The lowest BCUT2D eigenvalue weighted by Gasteiger charge is -2.21. The van der Waals surface area contributed by atoms with Crippen molar-refractivity contribution in [3.05, 3.63) is 42.7 Å². The molecule has 114 valence electrons. The van der Waals surface area contributed by atoms with Gasteiger partial charge in [0.25, 0.3) is 0 Å². The summed E-state index contributed by atoms with van der Waals surface area (Å²) < 4.78 is 6.10. The topological polar surface area (TPSA) is 38.3 Å². The summed E-state index contributed by atoms with van der Waals surface area (Å²) in [6.07, 6.45) is 0.275. The Labute approximate surface area is 141 Å². The van der Waals surface area contributed by atoms with Gasteiger partial charge in [0.05, 0.1) is 28.2 Å². The lowest BCUT2D eigenvalue weighted by atomic mass is 10.1. The minimum absolute atomic E-state index is 0.0157. The maximum Gasteiger partial charge on any atom is 0.307 e. The molecule has 2 unspecified atom stereocenters. The Balaban J connectivity index is 2.14. The maximum atomic E-state index is 11.6. The number of esters is 1. The second-order valence-electron chi connectivity index (χ2n) is 4.52. The van der Waals surface area contributed by atoms with Crippen LogP contribution in [0.1, 0.15) is 35.9 Å². The predicted molar refractivity (Wildman–Crippen MR) is 89.6 cm³/mol. The molecular weight excluding hydrogens is 349 g/mol. The molecule has 3 nitrogen and oxygen atoms in total. The van der Waals surface area contributed by atoms with E-state index in [1.165, 1.54) is 18.4 Å². The summed E-state index contributed by atoms with van der Waals surface area (Å²) in [6.45, 7) is 2.00. The zero-order chi connectivity index (χ0) is 15.4. The summed E-state index contributed by atoms with van der Waals surface area (Å²) in [5.74, 6) is -0.248. The molecule has 2 aromatic rings. The van der Waals surface area contributed by atoms with E-state index in [0.717, 1.165) is 10.4 Å². The quantitative estimate of drug-likeness (QED) is 0.727. The van der Waals surface area contributed by atoms with Gasteiger partial charge in [0, 0.05) is 10.9 Å². The molecule has 0 bridgehead atoms. The third-order valence-corrected chi connectivity index (χ3v) is 5.59. The zero-order valence-electron chi connectivity index (χ0n) is 11.6. The van der Waals surface area contributed by atoms with Crippen molar-refractivity contribution in [2.45, 2.75) is 25.4 Å². The number of methoxy groups -OCH3 is 1. The van der Waals surface area contributed by atoms with Crippen LogP contribution in [0.2, 0.25) is 8.67 Å². The lowest BCUT2D eigenvalue weighted by molar-refractivity contribution is -0.141. The van der Waals surface area contributed by atoms with E-state index in [2.05, 4.69) is 5.32 Å². The summed E-state index contributed by atoms with van der Waals surface area (Å²) >= 11 is 15.1. The van der Waals surface area contributed by atoms with Gasteiger partial charge >= 0.3 is 5.97 Å². The highest BCUT2D eigenvalue weighted by Gasteiger charge is 2.22. The number of thiophene rings is 2. The smallest absolute Gasteiger partial charge is 0.307 e. The highest BCUT2D eigenvalue weighted by Crippen LogP contribution is 2.36. The van der Waals surface area contributed by atoms with E-state index in [9.17, 15) is 4.79 Å². The second-order valence-corrected chi connectivity index (χ2v) is 7.78. The van der Waals surface area contributed by atoms with Crippen LogP contribution >= 0.6 is 45.9 Å². The molecule has 7 heteroatoms. The van der Waals surface area contributed by atoms with E-state index in [1.54, 1.807) is 11.3 Å². The van der Waals surface area contributed by atoms with E-state index in [4.69, 9.17) is 27.9 Å². The van der Waals surface area contributed by atoms with Gasteiger partial charge in [0.1, 0.15) is 0 Å². The highest BCUT2D eigenvalue weighted by atomic mass is 35.5. The van der Waals surface area contributed by atoms with Crippen molar-refractivity contribution < 1.29 is 9.53 Å². The van der Waals surface area contributed by atoms with E-state index in [-0.39, 0.29) is 24.5 Å². The Morgan fingerprint density at radius 2 is 2.24 bits per heavy atom. The van der Waals surface area contributed by atoms with Crippen molar-refractivity contribution in [3.8, 4) is 0 Å². The fourth-order valence-electron chi connectivity index (χ4n) is 2.02. The summed E-state index contributed by atoms with van der Waals surface area (Å²) in [4.78, 5) is 12.7. The molecule has 0 aliphatic heterocycles. The van der Waals surface area contributed by atoms with Gasteiger partial charge in [-0.1, -0.05) is 29.3 Å². The van der Waals surface area contributed by atoms with E-state index < -0.39 is 0 Å². The van der Waals surface area contributed by atoms with Gasteiger partial charge < -0.3 is 10.1 Å². The van der Waals surface area contributed by atoms with Crippen LogP contribution in [-0.4, -0.2) is 13.1 Å². The summed E-state index contributed by atoms with van der Waals surface area (Å²) in [6, 6.07) is 5.70. The minimum Gasteiger partial charge on any atom is -0.469 e. The van der Waals surface area contributed by atoms with E-state index >= 15 is 0 Å². The molecule has 2 rings (SSSR count). The second kappa shape index (κ2) is 7.61. The van der Waals surface area contributed by atoms with Crippen LogP contribution in [-0.2, 0) is 9.53 Å². The number of hydrogen-bond acceptors (Lipinski definition) is 5. The lowest BCUT2D eigenvalue weighted by Crippen LogP contribution is -2.26. The van der Waals surface area contributed by atoms with Gasteiger partial charge in [-0.2, -0.15) is 0 Å². The predicted octanol–water partition coefficient (Wildman–Crippen LogP) is 5.07. The minimum atomic E-state index is -0.248. The van der Waals surface area contributed by atoms with Crippen molar-refractivity contribution in [2.24, 2.45) is 0 Å². The molecular formula is C14H15Cl2NO2S2. The fraction of sp³-hybridized carbons (Fsp3) is 0.357. The first-order chi connectivity index (χ1) is 10.0. The summed E-state index contributed by atoms with van der Waals surface area (Å²) in [5, 5.41) is 5.41. The van der Waals surface area contributed by atoms with Crippen molar-refractivity contribution in [3.63, 3.8) is 0 Å². The molecule has 0 radical (unpaired) electrons. The molecule has 0 aromatic carbocycles. The van der Waals surface area contributed by atoms with Crippen molar-refractivity contribution in [2.75, 3.05) is 7.11 Å². The third kappa shape index (κ3) is 4.44. The highest BCUT2D eigenvalue weighted by molar-refractivity contribution is 7.20. The number of carbonyl (C=O) groups is 1. The molecule has 0 saturated heterocycles. The van der Waals surface area contributed by atoms with Crippen molar-refractivity contribution in [1.82, 2.24) is 5.32 Å². The van der Waals surface area contributed by atoms with Gasteiger partial charge in [-0.15, -0.1) is 22.7 Å². The molecule has 2 heterocycles. The number of hydrogen-bond donors (Lipinski definition) is 1. The average Bonchev–Trinajstić information content (AvgIpc) is 3.07. The zero-order valence-corrected chi connectivity index (χ0v) is 14.7. The molecule has 0 saturated carbocycles. The first kappa shape index (κ1) is 16.8. The monoisotopic (exact) mass is 363 g/mol. The van der Waals surface area contributed by atoms with Gasteiger partial charge in [-0.25, -0.2) is 0 Å². The van der Waals surface area contributed by atoms with Crippen molar-refractivity contribution in [1.29, 1.82) is 0 Å². The molecule has 2 aromatic heterocycles. The van der Waals surface area contributed by atoms with Crippen LogP contribution in [0.4, 0.5) is 0 Å².